The second-order valence-corrected chi connectivity index (χ2v) is 6.49. The van der Waals surface area contributed by atoms with Gasteiger partial charge in [0.25, 0.3) is 0 Å². The van der Waals surface area contributed by atoms with E-state index in [4.69, 9.17) is 11.6 Å². The molecule has 1 saturated heterocycles. The molecule has 2 N–H and O–H groups in total. The van der Waals surface area contributed by atoms with Crippen molar-refractivity contribution in [2.24, 2.45) is 0 Å². The maximum Gasteiger partial charge on any atom is 0.322 e. The molecular weight excluding hydrogens is 344 g/mol. The Morgan fingerprint density at radius 3 is 2.52 bits per heavy atom. The SMILES string of the molecule is CCC(C)NC(=O)CN1CCN(C(=O)Nc2ccc(Cl)cc2)CC1=O. The molecule has 1 aliphatic rings. The van der Waals surface area contributed by atoms with Crippen LogP contribution >= 0.6 is 11.6 Å². The van der Waals surface area contributed by atoms with Crippen molar-refractivity contribution in [3.63, 3.8) is 0 Å². The third-order valence-corrected chi connectivity index (χ3v) is 4.31. The number of amides is 4. The van der Waals surface area contributed by atoms with Crippen LogP contribution in [0.2, 0.25) is 5.02 Å². The molecule has 2 rings (SSSR count). The summed E-state index contributed by atoms with van der Waals surface area (Å²) in [6, 6.07) is 6.47. The Bertz CT molecular complexity index is 635. The number of carbonyl (C=O) groups is 3. The second-order valence-electron chi connectivity index (χ2n) is 6.05. The number of rotatable bonds is 5. The Morgan fingerprint density at radius 1 is 1.24 bits per heavy atom. The Hall–Kier alpha value is -2.28. The summed E-state index contributed by atoms with van der Waals surface area (Å²) in [6.45, 7) is 4.58. The second kappa shape index (κ2) is 8.71. The van der Waals surface area contributed by atoms with Crippen molar-refractivity contribution in [1.82, 2.24) is 15.1 Å². The fourth-order valence-corrected chi connectivity index (χ4v) is 2.51. The molecule has 1 aliphatic heterocycles. The predicted octanol–water partition coefficient (Wildman–Crippen LogP) is 1.93. The molecule has 0 saturated carbocycles. The van der Waals surface area contributed by atoms with Crippen LogP contribution in [0.3, 0.4) is 0 Å². The predicted molar refractivity (Wildman–Crippen MR) is 96.5 cm³/mol. The van der Waals surface area contributed by atoms with Gasteiger partial charge in [-0.2, -0.15) is 0 Å². The highest BCUT2D eigenvalue weighted by Crippen LogP contribution is 2.14. The van der Waals surface area contributed by atoms with Crippen LogP contribution in [0.5, 0.6) is 0 Å². The van der Waals surface area contributed by atoms with E-state index < -0.39 is 0 Å². The Labute approximate surface area is 152 Å². The van der Waals surface area contributed by atoms with Gasteiger partial charge in [-0.15, -0.1) is 0 Å². The average Bonchev–Trinajstić information content (AvgIpc) is 2.58. The summed E-state index contributed by atoms with van der Waals surface area (Å²) in [5.74, 6) is -0.418. The molecule has 0 aliphatic carbocycles. The van der Waals surface area contributed by atoms with Gasteiger partial charge < -0.3 is 20.4 Å². The molecule has 0 spiro atoms. The van der Waals surface area contributed by atoms with Crippen LogP contribution in [-0.2, 0) is 9.59 Å². The third kappa shape index (κ3) is 5.63. The summed E-state index contributed by atoms with van der Waals surface area (Å²) in [6.07, 6.45) is 0.832. The van der Waals surface area contributed by atoms with Crippen molar-refractivity contribution in [3.8, 4) is 0 Å². The molecule has 0 aromatic heterocycles. The minimum Gasteiger partial charge on any atom is -0.352 e. The number of benzene rings is 1. The molecule has 0 bridgehead atoms. The molecule has 1 atom stereocenters. The van der Waals surface area contributed by atoms with Gasteiger partial charge in [-0.05, 0) is 37.6 Å². The van der Waals surface area contributed by atoms with Gasteiger partial charge in [0, 0.05) is 29.8 Å². The molecule has 8 heteroatoms. The molecule has 0 radical (unpaired) electrons. The van der Waals surface area contributed by atoms with Gasteiger partial charge in [-0.1, -0.05) is 18.5 Å². The van der Waals surface area contributed by atoms with Crippen molar-refractivity contribution in [3.05, 3.63) is 29.3 Å². The number of carbonyl (C=O) groups excluding carboxylic acids is 3. The highest BCUT2D eigenvalue weighted by Gasteiger charge is 2.28. The Morgan fingerprint density at radius 2 is 1.92 bits per heavy atom. The first kappa shape index (κ1) is 19.1. The van der Waals surface area contributed by atoms with E-state index in [-0.39, 0.29) is 37.0 Å². The van der Waals surface area contributed by atoms with E-state index in [9.17, 15) is 14.4 Å². The van der Waals surface area contributed by atoms with E-state index in [1.807, 2.05) is 13.8 Å². The zero-order chi connectivity index (χ0) is 18.4. The topological polar surface area (TPSA) is 81.8 Å². The van der Waals surface area contributed by atoms with Crippen LogP contribution in [0, 0.1) is 0 Å². The highest BCUT2D eigenvalue weighted by atomic mass is 35.5. The first-order chi connectivity index (χ1) is 11.9. The maximum absolute atomic E-state index is 12.2. The summed E-state index contributed by atoms with van der Waals surface area (Å²) < 4.78 is 0. The number of hydrogen-bond acceptors (Lipinski definition) is 3. The molecule has 4 amide bonds. The van der Waals surface area contributed by atoms with Gasteiger partial charge in [-0.3, -0.25) is 9.59 Å². The summed E-state index contributed by atoms with van der Waals surface area (Å²) in [5, 5.41) is 6.14. The van der Waals surface area contributed by atoms with Gasteiger partial charge in [0.05, 0.1) is 6.54 Å². The maximum atomic E-state index is 12.2. The van der Waals surface area contributed by atoms with Gasteiger partial charge in [-0.25, -0.2) is 4.79 Å². The van der Waals surface area contributed by atoms with Crippen LogP contribution in [-0.4, -0.2) is 59.9 Å². The number of piperazine rings is 1. The van der Waals surface area contributed by atoms with Crippen molar-refractivity contribution in [2.45, 2.75) is 26.3 Å². The van der Waals surface area contributed by atoms with E-state index in [0.717, 1.165) is 6.42 Å². The van der Waals surface area contributed by atoms with E-state index in [1.165, 1.54) is 9.80 Å². The lowest BCUT2D eigenvalue weighted by Gasteiger charge is -2.34. The normalized spacial score (nSPS) is 15.7. The fourth-order valence-electron chi connectivity index (χ4n) is 2.38. The number of urea groups is 1. The third-order valence-electron chi connectivity index (χ3n) is 4.06. The molecule has 1 aromatic rings. The lowest BCUT2D eigenvalue weighted by atomic mass is 10.2. The summed E-state index contributed by atoms with van der Waals surface area (Å²) in [7, 11) is 0. The first-order valence-electron chi connectivity index (χ1n) is 8.27. The summed E-state index contributed by atoms with van der Waals surface area (Å²) in [5.41, 5.74) is 0.609. The highest BCUT2D eigenvalue weighted by molar-refractivity contribution is 6.30. The van der Waals surface area contributed by atoms with Crippen LogP contribution in [0.15, 0.2) is 24.3 Å². The zero-order valence-electron chi connectivity index (χ0n) is 14.4. The largest absolute Gasteiger partial charge is 0.352 e. The molecule has 25 heavy (non-hydrogen) atoms. The molecule has 1 unspecified atom stereocenters. The van der Waals surface area contributed by atoms with Crippen LogP contribution in [0.4, 0.5) is 10.5 Å². The number of nitrogens with one attached hydrogen (secondary N) is 2. The minimum absolute atomic E-state index is 0.0236. The molecule has 1 aromatic carbocycles. The van der Waals surface area contributed by atoms with E-state index >= 15 is 0 Å². The van der Waals surface area contributed by atoms with Gasteiger partial charge in [0.2, 0.25) is 11.8 Å². The number of hydrogen-bond donors (Lipinski definition) is 2. The van der Waals surface area contributed by atoms with Crippen molar-refractivity contribution in [1.29, 1.82) is 0 Å². The number of nitrogens with zero attached hydrogens (tertiary/aromatic N) is 2. The lowest BCUT2D eigenvalue weighted by Crippen LogP contribution is -2.55. The van der Waals surface area contributed by atoms with E-state index in [0.29, 0.717) is 23.8 Å². The lowest BCUT2D eigenvalue weighted by molar-refractivity contribution is -0.139. The van der Waals surface area contributed by atoms with Crippen molar-refractivity contribution >= 4 is 35.1 Å². The fraction of sp³-hybridized carbons (Fsp3) is 0.471. The quantitative estimate of drug-likeness (QED) is 0.835. The van der Waals surface area contributed by atoms with Gasteiger partial charge >= 0.3 is 6.03 Å². The monoisotopic (exact) mass is 366 g/mol. The number of halogens is 1. The molecule has 1 heterocycles. The van der Waals surface area contributed by atoms with E-state index in [2.05, 4.69) is 10.6 Å². The smallest absolute Gasteiger partial charge is 0.322 e. The molecule has 7 nitrogen and oxygen atoms in total. The number of anilines is 1. The van der Waals surface area contributed by atoms with Crippen molar-refractivity contribution < 1.29 is 14.4 Å². The van der Waals surface area contributed by atoms with Crippen LogP contribution in [0.1, 0.15) is 20.3 Å². The van der Waals surface area contributed by atoms with Crippen molar-refractivity contribution in [2.75, 3.05) is 31.5 Å². The molecular formula is C17H23ClN4O3. The minimum atomic E-state index is -0.348. The molecule has 136 valence electrons. The first-order valence-corrected chi connectivity index (χ1v) is 8.65. The Kier molecular flexibility index (Phi) is 6.64. The average molecular weight is 367 g/mol. The standard InChI is InChI=1S/C17H23ClN4O3/c1-3-12(2)19-15(23)10-21-8-9-22(11-16(21)24)17(25)20-14-6-4-13(18)5-7-14/h4-7,12H,3,8-11H2,1-2H3,(H,19,23)(H,20,25). The van der Waals surface area contributed by atoms with Crippen LogP contribution in [0.25, 0.3) is 0 Å². The molecule has 1 fully saturated rings. The summed E-state index contributed by atoms with van der Waals surface area (Å²) in [4.78, 5) is 39.3. The van der Waals surface area contributed by atoms with Crippen LogP contribution < -0.4 is 10.6 Å². The summed E-state index contributed by atoms with van der Waals surface area (Å²) >= 11 is 5.81. The Balaban J connectivity index is 1.84. The zero-order valence-corrected chi connectivity index (χ0v) is 15.2. The van der Waals surface area contributed by atoms with E-state index in [1.54, 1.807) is 24.3 Å². The van der Waals surface area contributed by atoms with Gasteiger partial charge in [0.1, 0.15) is 6.54 Å². The van der Waals surface area contributed by atoms with Gasteiger partial charge in [0.15, 0.2) is 0 Å².